The molecule has 0 radical (unpaired) electrons. The summed E-state index contributed by atoms with van der Waals surface area (Å²) in [5, 5.41) is 16.7. The van der Waals surface area contributed by atoms with Crippen molar-refractivity contribution in [3.8, 4) is 6.07 Å². The number of hydrogen-bond acceptors (Lipinski definition) is 9. The number of ether oxygens (including phenoxy) is 2. The smallest absolute Gasteiger partial charge is 0.246 e. The van der Waals surface area contributed by atoms with Gasteiger partial charge in [0, 0.05) is 38.0 Å². The van der Waals surface area contributed by atoms with Gasteiger partial charge in [0.2, 0.25) is 5.91 Å². The highest BCUT2D eigenvalue weighted by molar-refractivity contribution is 6.20. The number of rotatable bonds is 6. The minimum Gasteiger partial charge on any atom is -0.348 e. The Morgan fingerprint density at radius 3 is 2.86 bits per heavy atom. The van der Waals surface area contributed by atoms with E-state index in [1.54, 1.807) is 4.90 Å². The van der Waals surface area contributed by atoms with Crippen molar-refractivity contribution in [2.45, 2.75) is 80.3 Å². The summed E-state index contributed by atoms with van der Waals surface area (Å²) in [7, 11) is 2.12. The highest BCUT2D eigenvalue weighted by atomic mass is 35.5. The van der Waals surface area contributed by atoms with Crippen LogP contribution in [0.4, 0.5) is 0 Å². The summed E-state index contributed by atoms with van der Waals surface area (Å²) in [5.41, 5.74) is 0.305. The van der Waals surface area contributed by atoms with E-state index in [0.29, 0.717) is 45.1 Å². The fourth-order valence-electron chi connectivity index (χ4n) is 7.71. The lowest BCUT2D eigenvalue weighted by atomic mass is 9.68. The number of piperazine rings is 1. The lowest BCUT2D eigenvalue weighted by Crippen LogP contribution is -2.76. The van der Waals surface area contributed by atoms with E-state index in [2.05, 4.69) is 40.1 Å². The van der Waals surface area contributed by atoms with E-state index >= 15 is 0 Å². The molecule has 6 rings (SSSR count). The van der Waals surface area contributed by atoms with Gasteiger partial charge in [-0.25, -0.2) is 0 Å². The molecular weight excluding hydrogens is 556 g/mol. The second-order valence-electron chi connectivity index (χ2n) is 12.4. The van der Waals surface area contributed by atoms with Crippen LogP contribution in [0, 0.1) is 17.2 Å². The predicted molar refractivity (Wildman–Crippen MR) is 157 cm³/mol. The van der Waals surface area contributed by atoms with Crippen molar-refractivity contribution in [3.05, 3.63) is 48.0 Å². The maximum absolute atomic E-state index is 14.5. The number of likely N-dealkylation sites (tertiary alicyclic amines) is 1. The standard InChI is InChI=1S/C31H41ClN6O4/c1-3-25(39)38-16-15-37(18-21(38)11-13-33)29-24-10-12-31(17-20-7-4-5-9-23(20)28(32)42-31)27(40)26(24)34-30(35-29)41-19-22-8-6-14-36(22)2/h3-5,7,9,21-22,24,26,28-30,34-35H,1,6,8,10-12,14-19H2,2H3/t21?,22?,24?,26?,28?,29?,30?,31-/m1/s1. The molecule has 4 fully saturated rings. The summed E-state index contributed by atoms with van der Waals surface area (Å²) in [4.78, 5) is 33.4. The Kier molecular flexibility index (Phi) is 8.72. The first-order valence-corrected chi connectivity index (χ1v) is 15.6. The zero-order valence-corrected chi connectivity index (χ0v) is 25.0. The lowest BCUT2D eigenvalue weighted by Gasteiger charge is -2.55. The van der Waals surface area contributed by atoms with E-state index in [1.807, 2.05) is 24.3 Å². The van der Waals surface area contributed by atoms with Gasteiger partial charge in [0.15, 0.2) is 17.7 Å². The largest absolute Gasteiger partial charge is 0.348 e. The summed E-state index contributed by atoms with van der Waals surface area (Å²) in [5.74, 6) is -0.185. The van der Waals surface area contributed by atoms with E-state index in [4.69, 9.17) is 21.1 Å². The Bertz CT molecular complexity index is 1240. The molecule has 1 amide bonds. The molecule has 1 aliphatic carbocycles. The van der Waals surface area contributed by atoms with Crippen molar-refractivity contribution in [1.29, 1.82) is 5.26 Å². The highest BCUT2D eigenvalue weighted by Crippen LogP contribution is 2.46. The molecule has 11 heteroatoms. The summed E-state index contributed by atoms with van der Waals surface area (Å²) in [6, 6.07) is 9.77. The number of nitriles is 1. The second kappa shape index (κ2) is 12.3. The second-order valence-corrected chi connectivity index (χ2v) is 12.8. The monoisotopic (exact) mass is 596 g/mol. The number of nitrogens with zero attached hydrogens (tertiary/aromatic N) is 4. The first kappa shape index (κ1) is 29.7. The number of nitrogens with one attached hydrogen (secondary N) is 2. The average Bonchev–Trinajstić information content (AvgIpc) is 3.42. The summed E-state index contributed by atoms with van der Waals surface area (Å²) in [6.45, 7) is 6.89. The van der Waals surface area contributed by atoms with Crippen LogP contribution < -0.4 is 10.6 Å². The number of amides is 1. The predicted octanol–water partition coefficient (Wildman–Crippen LogP) is 2.11. The molecule has 3 saturated heterocycles. The third-order valence-electron chi connectivity index (χ3n) is 10.0. The van der Waals surface area contributed by atoms with Crippen molar-refractivity contribution in [2.24, 2.45) is 5.92 Å². The van der Waals surface area contributed by atoms with Crippen LogP contribution in [0.25, 0.3) is 0 Å². The molecule has 1 aromatic carbocycles. The number of Topliss-reactive ketones (excluding diaryl/α,β-unsaturated/α-hetero) is 1. The van der Waals surface area contributed by atoms with Crippen LogP contribution >= 0.6 is 11.6 Å². The zero-order valence-electron chi connectivity index (χ0n) is 24.2. The van der Waals surface area contributed by atoms with E-state index in [0.717, 1.165) is 36.9 Å². The van der Waals surface area contributed by atoms with Crippen molar-refractivity contribution < 1.29 is 19.1 Å². The van der Waals surface area contributed by atoms with Gasteiger partial charge in [-0.2, -0.15) is 5.26 Å². The summed E-state index contributed by atoms with van der Waals surface area (Å²) < 4.78 is 12.8. The van der Waals surface area contributed by atoms with Gasteiger partial charge < -0.3 is 19.3 Å². The Morgan fingerprint density at radius 2 is 2.10 bits per heavy atom. The molecule has 4 heterocycles. The minimum atomic E-state index is -0.995. The molecule has 42 heavy (non-hydrogen) atoms. The maximum Gasteiger partial charge on any atom is 0.246 e. The SMILES string of the molecule is C=CC(=O)N1CCN(C2NC(OCC3CCCN3C)NC3C(=O)[C@@]4(CCC32)Cc2ccccc2C(Cl)O4)CC1CC#N. The van der Waals surface area contributed by atoms with Crippen molar-refractivity contribution in [2.75, 3.05) is 39.8 Å². The fourth-order valence-corrected chi connectivity index (χ4v) is 8.09. The third kappa shape index (κ3) is 5.52. The highest BCUT2D eigenvalue weighted by Gasteiger charge is 2.57. The molecule has 226 valence electrons. The molecule has 10 nitrogen and oxygen atoms in total. The first-order valence-electron chi connectivity index (χ1n) is 15.2. The van der Waals surface area contributed by atoms with Gasteiger partial charge in [-0.3, -0.25) is 25.1 Å². The van der Waals surface area contributed by atoms with Gasteiger partial charge in [0.05, 0.1) is 37.3 Å². The molecule has 7 unspecified atom stereocenters. The number of halogens is 1. The van der Waals surface area contributed by atoms with Crippen LogP contribution in [0.15, 0.2) is 36.9 Å². The quantitative estimate of drug-likeness (QED) is 0.377. The fraction of sp³-hybridized carbons (Fsp3) is 0.645. The van der Waals surface area contributed by atoms with Crippen LogP contribution in [-0.4, -0.2) is 102 Å². The molecule has 1 aromatic rings. The molecule has 1 saturated carbocycles. The van der Waals surface area contributed by atoms with Gasteiger partial charge in [0.1, 0.15) is 5.60 Å². The van der Waals surface area contributed by atoms with E-state index in [9.17, 15) is 14.9 Å². The molecule has 0 aromatic heterocycles. The number of hydrogen-bond donors (Lipinski definition) is 2. The Labute approximate surface area is 252 Å². The first-order chi connectivity index (χ1) is 20.3. The molecule has 0 bridgehead atoms. The number of likely N-dealkylation sites (N-methyl/N-ethyl adjacent to an activating group) is 1. The van der Waals surface area contributed by atoms with Gasteiger partial charge in [0.25, 0.3) is 0 Å². The van der Waals surface area contributed by atoms with Gasteiger partial charge >= 0.3 is 0 Å². The van der Waals surface area contributed by atoms with Crippen LogP contribution in [0.3, 0.4) is 0 Å². The molecular formula is C31H41ClN6O4. The Balaban J connectivity index is 1.25. The van der Waals surface area contributed by atoms with Crippen LogP contribution in [0.1, 0.15) is 48.8 Å². The van der Waals surface area contributed by atoms with Crippen molar-refractivity contribution >= 4 is 23.3 Å². The van der Waals surface area contributed by atoms with Crippen LogP contribution in [0.5, 0.6) is 0 Å². The Hall–Kier alpha value is -2.36. The molecule has 8 atom stereocenters. The van der Waals surface area contributed by atoms with Crippen LogP contribution in [-0.2, 0) is 25.5 Å². The van der Waals surface area contributed by atoms with E-state index < -0.39 is 23.6 Å². The number of benzene rings is 1. The number of carbonyl (C=O) groups is 2. The number of fused-ring (bicyclic) bond motifs is 2. The molecule has 1 spiro atoms. The summed E-state index contributed by atoms with van der Waals surface area (Å²) in [6.07, 6.45) is 4.89. The van der Waals surface area contributed by atoms with Crippen molar-refractivity contribution in [1.82, 2.24) is 25.3 Å². The van der Waals surface area contributed by atoms with Crippen molar-refractivity contribution in [3.63, 3.8) is 0 Å². The third-order valence-corrected chi connectivity index (χ3v) is 10.3. The maximum atomic E-state index is 14.5. The Morgan fingerprint density at radius 1 is 1.26 bits per heavy atom. The molecule has 4 aliphatic heterocycles. The molecule has 2 N–H and O–H groups in total. The number of ketones is 1. The number of alkyl halides is 1. The van der Waals surface area contributed by atoms with Gasteiger partial charge in [-0.15, -0.1) is 0 Å². The number of carbonyl (C=O) groups excluding carboxylic acids is 2. The van der Waals surface area contributed by atoms with Crippen LogP contribution in [0.2, 0.25) is 0 Å². The van der Waals surface area contributed by atoms with Gasteiger partial charge in [-0.05, 0) is 56.5 Å². The topological polar surface area (TPSA) is 110 Å². The lowest BCUT2D eigenvalue weighted by molar-refractivity contribution is -0.175. The molecule has 5 aliphatic rings. The van der Waals surface area contributed by atoms with E-state index in [1.165, 1.54) is 6.08 Å². The van der Waals surface area contributed by atoms with Gasteiger partial charge in [-0.1, -0.05) is 42.4 Å². The van der Waals surface area contributed by atoms with E-state index in [-0.39, 0.29) is 36.2 Å². The average molecular weight is 597 g/mol. The zero-order chi connectivity index (χ0) is 29.4. The minimum absolute atomic E-state index is 0.0195. The summed E-state index contributed by atoms with van der Waals surface area (Å²) >= 11 is 6.71. The normalized spacial score (nSPS) is 37.2.